The molecule has 0 aliphatic heterocycles. The molecule has 1 saturated carbocycles. The summed E-state index contributed by atoms with van der Waals surface area (Å²) in [4.78, 5) is 15.8. The second-order valence-electron chi connectivity index (χ2n) is 5.87. The molecular formula is C19H17NO. The molecule has 0 atom stereocenters. The van der Waals surface area contributed by atoms with Gasteiger partial charge in [-0.25, -0.2) is 0 Å². The van der Waals surface area contributed by atoms with Crippen molar-refractivity contribution in [2.75, 3.05) is 0 Å². The summed E-state index contributed by atoms with van der Waals surface area (Å²) >= 11 is 0. The fraction of sp³-hybridized carbons (Fsp3) is 0.211. The van der Waals surface area contributed by atoms with E-state index in [4.69, 9.17) is 0 Å². The van der Waals surface area contributed by atoms with Crippen molar-refractivity contribution < 1.29 is 0 Å². The van der Waals surface area contributed by atoms with Crippen LogP contribution in [0, 0.1) is 0 Å². The lowest BCUT2D eigenvalue weighted by atomic mass is 10.0. The molecule has 0 amide bonds. The first kappa shape index (κ1) is 12.4. The van der Waals surface area contributed by atoms with E-state index < -0.39 is 0 Å². The fourth-order valence-corrected chi connectivity index (χ4v) is 2.93. The first-order chi connectivity index (χ1) is 10.3. The molecule has 0 unspecified atom stereocenters. The van der Waals surface area contributed by atoms with E-state index in [2.05, 4.69) is 35.3 Å². The van der Waals surface area contributed by atoms with Gasteiger partial charge in [-0.1, -0.05) is 42.5 Å². The molecule has 0 radical (unpaired) electrons. The number of benzene rings is 2. The highest BCUT2D eigenvalue weighted by Crippen LogP contribution is 2.39. The van der Waals surface area contributed by atoms with Crippen LogP contribution >= 0.6 is 0 Å². The molecule has 3 aromatic rings. The lowest BCUT2D eigenvalue weighted by Crippen LogP contribution is -2.06. The number of fused-ring (bicyclic) bond motifs is 1. The van der Waals surface area contributed by atoms with Crippen molar-refractivity contribution in [2.24, 2.45) is 0 Å². The average molecular weight is 275 g/mol. The van der Waals surface area contributed by atoms with Crippen LogP contribution in [0.1, 0.15) is 35.6 Å². The number of para-hydroxylation sites is 1. The Morgan fingerprint density at radius 2 is 1.81 bits per heavy atom. The quantitative estimate of drug-likeness (QED) is 0.770. The zero-order valence-corrected chi connectivity index (χ0v) is 11.8. The number of aromatic nitrogens is 1. The Hall–Kier alpha value is -2.35. The van der Waals surface area contributed by atoms with Gasteiger partial charge in [-0.15, -0.1) is 0 Å². The Morgan fingerprint density at radius 1 is 1.00 bits per heavy atom. The van der Waals surface area contributed by atoms with Crippen molar-refractivity contribution in [1.29, 1.82) is 0 Å². The van der Waals surface area contributed by atoms with Gasteiger partial charge in [0.15, 0.2) is 5.43 Å². The molecule has 4 rings (SSSR count). The third-order valence-electron chi connectivity index (χ3n) is 4.23. The predicted molar refractivity (Wildman–Crippen MR) is 85.8 cm³/mol. The molecule has 1 aliphatic carbocycles. The van der Waals surface area contributed by atoms with E-state index in [1.807, 2.05) is 18.2 Å². The van der Waals surface area contributed by atoms with Crippen molar-refractivity contribution in [1.82, 2.24) is 4.98 Å². The molecule has 2 aromatic carbocycles. The topological polar surface area (TPSA) is 32.9 Å². The first-order valence-electron chi connectivity index (χ1n) is 7.50. The van der Waals surface area contributed by atoms with E-state index in [-0.39, 0.29) is 5.43 Å². The molecule has 2 nitrogen and oxygen atoms in total. The minimum atomic E-state index is 0.139. The van der Waals surface area contributed by atoms with Gasteiger partial charge in [0.25, 0.3) is 0 Å². The van der Waals surface area contributed by atoms with Crippen molar-refractivity contribution in [2.45, 2.75) is 25.2 Å². The summed E-state index contributed by atoms with van der Waals surface area (Å²) < 4.78 is 0. The van der Waals surface area contributed by atoms with Gasteiger partial charge >= 0.3 is 0 Å². The van der Waals surface area contributed by atoms with Crippen LogP contribution in [-0.4, -0.2) is 4.98 Å². The van der Waals surface area contributed by atoms with Crippen molar-refractivity contribution in [3.05, 3.63) is 81.6 Å². The highest BCUT2D eigenvalue weighted by atomic mass is 16.1. The summed E-state index contributed by atoms with van der Waals surface area (Å²) in [5.74, 6) is 0.562. The van der Waals surface area contributed by atoms with Crippen LogP contribution in [-0.2, 0) is 6.42 Å². The molecule has 0 saturated heterocycles. The van der Waals surface area contributed by atoms with Gasteiger partial charge in [0, 0.05) is 17.1 Å². The second-order valence-corrected chi connectivity index (χ2v) is 5.87. The van der Waals surface area contributed by atoms with Crippen LogP contribution in [0.2, 0.25) is 0 Å². The third-order valence-corrected chi connectivity index (χ3v) is 4.23. The van der Waals surface area contributed by atoms with Crippen LogP contribution in [0.5, 0.6) is 0 Å². The molecule has 1 fully saturated rings. The Morgan fingerprint density at radius 3 is 2.57 bits per heavy atom. The maximum atomic E-state index is 12.3. The van der Waals surface area contributed by atoms with Gasteiger partial charge in [-0.05, 0) is 42.4 Å². The molecule has 21 heavy (non-hydrogen) atoms. The van der Waals surface area contributed by atoms with Gasteiger partial charge < -0.3 is 4.98 Å². The summed E-state index contributed by atoms with van der Waals surface area (Å²) in [5.41, 5.74) is 4.71. The molecule has 2 heteroatoms. The number of pyridine rings is 1. The summed E-state index contributed by atoms with van der Waals surface area (Å²) in [6.07, 6.45) is 3.24. The van der Waals surface area contributed by atoms with Gasteiger partial charge in [0.05, 0.1) is 5.52 Å². The van der Waals surface area contributed by atoms with E-state index in [0.717, 1.165) is 23.0 Å². The van der Waals surface area contributed by atoms with Crippen LogP contribution in [0.3, 0.4) is 0 Å². The highest BCUT2D eigenvalue weighted by molar-refractivity contribution is 5.82. The molecule has 0 spiro atoms. The predicted octanol–water partition coefficient (Wildman–Crippen LogP) is 4.00. The largest absolute Gasteiger partial charge is 0.358 e. The molecule has 1 N–H and O–H groups in total. The lowest BCUT2D eigenvalue weighted by Gasteiger charge is -2.09. The van der Waals surface area contributed by atoms with Crippen LogP contribution in [0.25, 0.3) is 10.9 Å². The first-order valence-corrected chi connectivity index (χ1v) is 7.50. The van der Waals surface area contributed by atoms with E-state index >= 15 is 0 Å². The standard InChI is InChI=1S/C19H17NO/c21-18-12-17(14-9-10-14)20-19-15(7-4-8-16(18)19)11-13-5-2-1-3-6-13/h1-8,12,14H,9-11H2,(H,20,21). The van der Waals surface area contributed by atoms with E-state index in [1.165, 1.54) is 24.0 Å². The van der Waals surface area contributed by atoms with Gasteiger partial charge in [-0.2, -0.15) is 0 Å². The van der Waals surface area contributed by atoms with Gasteiger partial charge in [0.2, 0.25) is 0 Å². The summed E-state index contributed by atoms with van der Waals surface area (Å²) in [5, 5.41) is 0.799. The Kier molecular flexibility index (Phi) is 2.88. The van der Waals surface area contributed by atoms with Crippen molar-refractivity contribution in [3.8, 4) is 0 Å². The molecule has 1 heterocycles. The van der Waals surface area contributed by atoms with E-state index in [1.54, 1.807) is 6.07 Å². The summed E-state index contributed by atoms with van der Waals surface area (Å²) in [7, 11) is 0. The SMILES string of the molecule is O=c1cc(C2CC2)[nH]c2c(Cc3ccccc3)cccc12. The maximum Gasteiger partial charge on any atom is 0.189 e. The second kappa shape index (κ2) is 4.88. The van der Waals surface area contributed by atoms with E-state index in [0.29, 0.717) is 5.92 Å². The normalized spacial score (nSPS) is 14.5. The fourth-order valence-electron chi connectivity index (χ4n) is 2.93. The number of H-pyrrole nitrogens is 1. The van der Waals surface area contributed by atoms with Crippen LogP contribution < -0.4 is 5.43 Å². The number of hydrogen-bond acceptors (Lipinski definition) is 1. The maximum absolute atomic E-state index is 12.3. The zero-order valence-electron chi connectivity index (χ0n) is 11.8. The van der Waals surface area contributed by atoms with E-state index in [9.17, 15) is 4.79 Å². The van der Waals surface area contributed by atoms with Gasteiger partial charge in [0.1, 0.15) is 0 Å². The monoisotopic (exact) mass is 275 g/mol. The number of rotatable bonds is 3. The smallest absolute Gasteiger partial charge is 0.189 e. The molecule has 1 aromatic heterocycles. The van der Waals surface area contributed by atoms with Crippen LogP contribution in [0.15, 0.2) is 59.4 Å². The number of aromatic amines is 1. The lowest BCUT2D eigenvalue weighted by molar-refractivity contribution is 1.03. The van der Waals surface area contributed by atoms with Gasteiger partial charge in [-0.3, -0.25) is 4.79 Å². The zero-order chi connectivity index (χ0) is 14.2. The average Bonchev–Trinajstić information content (AvgIpc) is 3.34. The highest BCUT2D eigenvalue weighted by Gasteiger charge is 2.25. The summed E-state index contributed by atoms with van der Waals surface area (Å²) in [6.45, 7) is 0. The van der Waals surface area contributed by atoms with Crippen molar-refractivity contribution >= 4 is 10.9 Å². The minimum absolute atomic E-state index is 0.139. The molecule has 0 bridgehead atoms. The Labute approximate surface area is 123 Å². The number of nitrogens with one attached hydrogen (secondary N) is 1. The summed E-state index contributed by atoms with van der Waals surface area (Å²) in [6, 6.07) is 18.2. The van der Waals surface area contributed by atoms with Crippen LogP contribution in [0.4, 0.5) is 0 Å². The molecule has 1 aliphatic rings. The van der Waals surface area contributed by atoms with Crippen molar-refractivity contribution in [3.63, 3.8) is 0 Å². The Bertz CT molecular complexity index is 844. The molecular weight excluding hydrogens is 258 g/mol. The molecule has 104 valence electrons. The third kappa shape index (κ3) is 2.38. The minimum Gasteiger partial charge on any atom is -0.358 e. The Balaban J connectivity index is 1.86. The number of hydrogen-bond donors (Lipinski definition) is 1.